The number of rotatable bonds is 11. The first-order valence-electron chi connectivity index (χ1n) is 14.9. The molecule has 1 aliphatic carbocycles. The molecule has 3 fully saturated rings. The first kappa shape index (κ1) is 27.8. The van der Waals surface area contributed by atoms with Gasteiger partial charge in [-0.3, -0.25) is 9.69 Å². The van der Waals surface area contributed by atoms with E-state index in [-0.39, 0.29) is 11.7 Å². The summed E-state index contributed by atoms with van der Waals surface area (Å²) in [5.41, 5.74) is 3.03. The second-order valence-corrected chi connectivity index (χ2v) is 12.2. The molecule has 3 atom stereocenters. The number of hydrogen-bond acceptors (Lipinski definition) is 4. The van der Waals surface area contributed by atoms with E-state index in [4.69, 9.17) is 5.26 Å². The fourth-order valence-electron chi connectivity index (χ4n) is 7.04. The molecular formula is C33H42FN3O2. The molecule has 6 heteroatoms. The van der Waals surface area contributed by atoms with E-state index in [9.17, 15) is 14.3 Å². The van der Waals surface area contributed by atoms with Gasteiger partial charge in [0.1, 0.15) is 11.9 Å². The van der Waals surface area contributed by atoms with Crippen molar-refractivity contribution in [3.05, 3.63) is 71.0 Å². The third-order valence-corrected chi connectivity index (χ3v) is 9.61. The maximum Gasteiger partial charge on any atom is 0.320 e. The van der Waals surface area contributed by atoms with Crippen molar-refractivity contribution in [1.82, 2.24) is 9.80 Å². The molecule has 5 rings (SSSR count). The van der Waals surface area contributed by atoms with Gasteiger partial charge in [-0.25, -0.2) is 4.39 Å². The lowest BCUT2D eigenvalue weighted by atomic mass is 9.80. The van der Waals surface area contributed by atoms with Crippen LogP contribution in [0.5, 0.6) is 0 Å². The van der Waals surface area contributed by atoms with Gasteiger partial charge in [-0.05, 0) is 98.3 Å². The lowest BCUT2D eigenvalue weighted by molar-refractivity contribution is -0.144. The molecule has 1 saturated carbocycles. The number of hydrogen-bond donors (Lipinski definition) is 1. The Morgan fingerprint density at radius 1 is 1.05 bits per heavy atom. The van der Waals surface area contributed by atoms with Crippen LogP contribution in [0.1, 0.15) is 74.0 Å². The average Bonchev–Trinajstić information content (AvgIpc) is 3.32. The molecule has 0 spiro atoms. The van der Waals surface area contributed by atoms with Gasteiger partial charge >= 0.3 is 5.97 Å². The van der Waals surface area contributed by atoms with Crippen molar-refractivity contribution in [3.63, 3.8) is 0 Å². The summed E-state index contributed by atoms with van der Waals surface area (Å²) in [5.74, 6) is 0.835. The summed E-state index contributed by atoms with van der Waals surface area (Å²) in [6, 6.07) is 16.7. The molecule has 2 saturated heterocycles. The van der Waals surface area contributed by atoms with Crippen LogP contribution >= 0.6 is 0 Å². The van der Waals surface area contributed by atoms with Crippen LogP contribution in [-0.4, -0.2) is 59.6 Å². The maximum atomic E-state index is 14.2. The van der Waals surface area contributed by atoms with Crippen LogP contribution in [0.25, 0.3) is 0 Å². The Labute approximate surface area is 232 Å². The molecule has 208 valence electrons. The maximum absolute atomic E-state index is 14.2. The lowest BCUT2D eigenvalue weighted by Gasteiger charge is -2.35. The Balaban J connectivity index is 1.15. The van der Waals surface area contributed by atoms with Gasteiger partial charge in [0.15, 0.2) is 0 Å². The fourth-order valence-corrected chi connectivity index (χ4v) is 7.04. The number of nitrogens with zero attached hydrogens (tertiary/aromatic N) is 3. The topological polar surface area (TPSA) is 67.6 Å². The summed E-state index contributed by atoms with van der Waals surface area (Å²) < 4.78 is 14.2. The minimum absolute atomic E-state index is 0.161. The monoisotopic (exact) mass is 531 g/mol. The van der Waals surface area contributed by atoms with Gasteiger partial charge in [0.2, 0.25) is 0 Å². The summed E-state index contributed by atoms with van der Waals surface area (Å²) in [7, 11) is 0. The predicted octanol–water partition coefficient (Wildman–Crippen LogP) is 6.09. The zero-order valence-corrected chi connectivity index (χ0v) is 23.0. The number of halogens is 1. The van der Waals surface area contributed by atoms with Gasteiger partial charge in [0.05, 0.1) is 11.6 Å². The van der Waals surface area contributed by atoms with Crippen molar-refractivity contribution >= 4 is 5.97 Å². The largest absolute Gasteiger partial charge is 0.480 e. The van der Waals surface area contributed by atoms with Crippen LogP contribution in [0, 0.1) is 34.9 Å². The highest BCUT2D eigenvalue weighted by Gasteiger charge is 2.41. The molecule has 0 amide bonds. The van der Waals surface area contributed by atoms with Gasteiger partial charge in [0.25, 0.3) is 0 Å². The van der Waals surface area contributed by atoms with E-state index in [1.807, 2.05) is 18.2 Å². The SMILES string of the molecule is N#Cc1ccc(CCCC2CCN(C[C@H]3CN(C(CC4CCC4)C(=O)O)C[C@@H]3c3cccc(F)c3)CC2)cc1. The first-order chi connectivity index (χ1) is 19.0. The Bertz CT molecular complexity index is 1130. The van der Waals surface area contributed by atoms with E-state index in [1.54, 1.807) is 12.1 Å². The Morgan fingerprint density at radius 3 is 2.46 bits per heavy atom. The molecule has 2 aromatic rings. The second-order valence-electron chi connectivity index (χ2n) is 12.2. The summed E-state index contributed by atoms with van der Waals surface area (Å²) in [6.45, 7) is 4.58. The van der Waals surface area contributed by atoms with E-state index in [1.165, 1.54) is 43.7 Å². The van der Waals surface area contributed by atoms with E-state index in [2.05, 4.69) is 28.0 Å². The van der Waals surface area contributed by atoms with E-state index >= 15 is 0 Å². The average molecular weight is 532 g/mol. The number of aryl methyl sites for hydroxylation is 1. The van der Waals surface area contributed by atoms with E-state index < -0.39 is 12.0 Å². The van der Waals surface area contributed by atoms with Gasteiger partial charge in [0, 0.05) is 25.6 Å². The second kappa shape index (κ2) is 13.1. The number of likely N-dealkylation sites (tertiary alicyclic amines) is 2. The number of aliphatic carboxylic acids is 1. The number of piperidine rings is 1. The molecule has 39 heavy (non-hydrogen) atoms. The van der Waals surface area contributed by atoms with Crippen LogP contribution in [0.2, 0.25) is 0 Å². The van der Waals surface area contributed by atoms with Gasteiger partial charge in [-0.2, -0.15) is 5.26 Å². The minimum atomic E-state index is -0.706. The molecule has 2 aromatic carbocycles. The Hall–Kier alpha value is -2.75. The van der Waals surface area contributed by atoms with E-state index in [0.717, 1.165) is 63.3 Å². The van der Waals surface area contributed by atoms with Crippen molar-refractivity contribution in [2.24, 2.45) is 17.8 Å². The molecule has 1 N–H and O–H groups in total. The number of carboxylic acid groups (broad SMARTS) is 1. The molecule has 0 bridgehead atoms. The molecule has 5 nitrogen and oxygen atoms in total. The fraction of sp³-hybridized carbons (Fsp3) is 0.576. The normalized spacial score (nSPS) is 23.8. The summed E-state index contributed by atoms with van der Waals surface area (Å²) >= 11 is 0. The third-order valence-electron chi connectivity index (χ3n) is 9.61. The van der Waals surface area contributed by atoms with Crippen molar-refractivity contribution in [1.29, 1.82) is 5.26 Å². The van der Waals surface area contributed by atoms with Crippen molar-refractivity contribution in [2.45, 2.75) is 69.7 Å². The van der Waals surface area contributed by atoms with E-state index in [0.29, 0.717) is 23.9 Å². The van der Waals surface area contributed by atoms with Crippen LogP contribution < -0.4 is 0 Å². The van der Waals surface area contributed by atoms with Crippen molar-refractivity contribution in [3.8, 4) is 6.07 Å². The molecule has 1 unspecified atom stereocenters. The Morgan fingerprint density at radius 2 is 1.82 bits per heavy atom. The molecule has 0 radical (unpaired) electrons. The quantitative estimate of drug-likeness (QED) is 0.380. The van der Waals surface area contributed by atoms with Crippen LogP contribution in [0.3, 0.4) is 0 Å². The summed E-state index contributed by atoms with van der Waals surface area (Å²) in [5, 5.41) is 19.1. The molecule has 3 aliphatic rings. The molecular weight excluding hydrogens is 489 g/mol. The summed E-state index contributed by atoms with van der Waals surface area (Å²) in [4.78, 5) is 17.0. The van der Waals surface area contributed by atoms with Gasteiger partial charge < -0.3 is 10.0 Å². The van der Waals surface area contributed by atoms with Gasteiger partial charge in [-0.15, -0.1) is 0 Å². The number of nitriles is 1. The highest BCUT2D eigenvalue weighted by molar-refractivity contribution is 5.73. The molecule has 2 heterocycles. The van der Waals surface area contributed by atoms with Gasteiger partial charge in [-0.1, -0.05) is 49.9 Å². The Kier molecular flexibility index (Phi) is 9.32. The molecule has 2 aliphatic heterocycles. The van der Waals surface area contributed by atoms with Crippen molar-refractivity contribution < 1.29 is 14.3 Å². The number of benzene rings is 2. The molecule has 0 aromatic heterocycles. The minimum Gasteiger partial charge on any atom is -0.480 e. The van der Waals surface area contributed by atoms with Crippen LogP contribution in [-0.2, 0) is 11.2 Å². The number of carbonyl (C=O) groups is 1. The van der Waals surface area contributed by atoms with Crippen molar-refractivity contribution in [2.75, 3.05) is 32.7 Å². The van der Waals surface area contributed by atoms with Crippen LogP contribution in [0.15, 0.2) is 48.5 Å². The van der Waals surface area contributed by atoms with Crippen LogP contribution in [0.4, 0.5) is 4.39 Å². The first-order valence-corrected chi connectivity index (χ1v) is 14.9. The zero-order chi connectivity index (χ0) is 27.2. The summed E-state index contributed by atoms with van der Waals surface area (Å²) in [6.07, 6.45) is 10.1. The zero-order valence-electron chi connectivity index (χ0n) is 23.0. The standard InChI is InChI=1S/C33H42FN3O2/c34-30-9-3-8-28(19-30)31-23-37(32(33(38)39)18-26-6-2-7-26)22-29(31)21-36-16-14-25(15-17-36)5-1-4-24-10-12-27(20-35)13-11-24/h3,8-13,19,25-26,29,31-32H,1-2,4-7,14-18,21-23H2,(H,38,39)/t29-,31+,32?/m0/s1. The lowest BCUT2D eigenvalue weighted by Crippen LogP contribution is -2.43. The highest BCUT2D eigenvalue weighted by Crippen LogP contribution is 2.38. The highest BCUT2D eigenvalue weighted by atomic mass is 19.1. The third kappa shape index (κ3) is 7.26. The predicted molar refractivity (Wildman–Crippen MR) is 151 cm³/mol. The number of carboxylic acids is 1. The smallest absolute Gasteiger partial charge is 0.320 e.